The van der Waals surface area contributed by atoms with Gasteiger partial charge in [0, 0.05) is 0 Å². The van der Waals surface area contributed by atoms with Gasteiger partial charge in [0.1, 0.15) is 0 Å². The summed E-state index contributed by atoms with van der Waals surface area (Å²) in [5.41, 5.74) is 0. The van der Waals surface area contributed by atoms with E-state index in [0.29, 0.717) is 5.82 Å². The van der Waals surface area contributed by atoms with Crippen molar-refractivity contribution in [2.24, 2.45) is 0 Å². The van der Waals surface area contributed by atoms with E-state index in [-0.39, 0.29) is 0 Å². The minimum atomic E-state index is 0.637. The van der Waals surface area contributed by atoms with Crippen molar-refractivity contribution in [3.05, 3.63) is 12.7 Å². The normalized spacial score (nSPS) is 15.3. The molecule has 0 rings (SSSR count). The van der Waals surface area contributed by atoms with Gasteiger partial charge >= 0.3 is 0 Å². The Balaban J connectivity index is 4.02. The molecule has 0 amide bonds. The summed E-state index contributed by atoms with van der Waals surface area (Å²) in [4.78, 5) is 0. The van der Waals surface area contributed by atoms with Crippen LogP contribution in [0.25, 0.3) is 0 Å². The van der Waals surface area contributed by atoms with Gasteiger partial charge in [-0.15, -0.1) is 6.58 Å². The first-order valence-corrected chi connectivity index (χ1v) is 4.94. The first-order chi connectivity index (χ1) is 5.67. The van der Waals surface area contributed by atoms with Gasteiger partial charge in [0.2, 0.25) is 0 Å². The summed E-state index contributed by atoms with van der Waals surface area (Å²) in [6.45, 7) is 12.6. The molecule has 0 heterocycles. The maximum atomic E-state index is 3.85. The second-order valence-electron chi connectivity index (χ2n) is 3.70. The zero-order chi connectivity index (χ0) is 9.56. The largest absolute Gasteiger partial charge is 0.320 e. The van der Waals surface area contributed by atoms with E-state index in [9.17, 15) is 0 Å². The van der Waals surface area contributed by atoms with Crippen molar-refractivity contribution in [1.29, 1.82) is 0 Å². The molecule has 0 aromatic heterocycles. The van der Waals surface area contributed by atoms with E-state index < -0.39 is 0 Å². The van der Waals surface area contributed by atoms with Gasteiger partial charge in [-0.1, -0.05) is 39.0 Å². The summed E-state index contributed by atoms with van der Waals surface area (Å²) in [7, 11) is 2.02. The van der Waals surface area contributed by atoms with Crippen LogP contribution >= 0.6 is 0 Å². The molecular weight excluding hydrogens is 145 g/mol. The van der Waals surface area contributed by atoms with E-state index in [1.165, 1.54) is 6.32 Å². The fourth-order valence-electron chi connectivity index (χ4n) is 1.94. The number of hydrogen-bond acceptors (Lipinski definition) is 1. The first-order valence-electron chi connectivity index (χ1n) is 4.94. The molecule has 2 unspecified atom stereocenters. The Morgan fingerprint density at radius 2 is 2.08 bits per heavy atom. The maximum Gasteiger partial charge on any atom is 0.151 e. The fraction of sp³-hybridized carbons (Fsp3) is 0.800. The number of allylic oxidation sites excluding steroid dienone is 1. The van der Waals surface area contributed by atoms with Gasteiger partial charge in [0.25, 0.3) is 0 Å². The van der Waals surface area contributed by atoms with Crippen molar-refractivity contribution < 1.29 is 0 Å². The SMILES string of the molecule is C=CC(C)B(CC)C(C)CNC. The molecule has 0 saturated carbocycles. The highest BCUT2D eigenvalue weighted by atomic mass is 14.8. The molecule has 0 aliphatic heterocycles. The van der Waals surface area contributed by atoms with Gasteiger partial charge < -0.3 is 5.32 Å². The van der Waals surface area contributed by atoms with Crippen molar-refractivity contribution in [1.82, 2.24) is 5.32 Å². The molecule has 70 valence electrons. The van der Waals surface area contributed by atoms with Gasteiger partial charge in [0.05, 0.1) is 0 Å². The zero-order valence-electron chi connectivity index (χ0n) is 8.93. The molecule has 2 atom stereocenters. The average Bonchev–Trinajstić information content (AvgIpc) is 2.06. The molecule has 0 saturated heterocycles. The number of rotatable bonds is 6. The molecule has 1 N–H and O–H groups in total. The van der Waals surface area contributed by atoms with Crippen LogP contribution in [0.1, 0.15) is 20.8 Å². The third-order valence-electron chi connectivity index (χ3n) is 2.78. The van der Waals surface area contributed by atoms with E-state index in [0.717, 1.165) is 19.1 Å². The lowest BCUT2D eigenvalue weighted by Gasteiger charge is -2.23. The van der Waals surface area contributed by atoms with Crippen molar-refractivity contribution in [2.45, 2.75) is 38.7 Å². The lowest BCUT2D eigenvalue weighted by atomic mass is 9.33. The summed E-state index contributed by atoms with van der Waals surface area (Å²) in [6.07, 6.45) is 3.32. The van der Waals surface area contributed by atoms with Crippen LogP contribution in [-0.4, -0.2) is 20.3 Å². The molecule has 0 aliphatic rings. The van der Waals surface area contributed by atoms with Crippen molar-refractivity contribution in [3.63, 3.8) is 0 Å². The standard InChI is InChI=1S/C10H22BN/c1-6-9(3)11(7-2)10(4)8-12-5/h6,9-10,12H,1,7-8H2,2-5H3. The molecular formula is C10H22BN. The third kappa shape index (κ3) is 3.44. The third-order valence-corrected chi connectivity index (χ3v) is 2.78. The van der Waals surface area contributed by atoms with Gasteiger partial charge in [-0.05, 0) is 19.4 Å². The highest BCUT2D eigenvalue weighted by Gasteiger charge is 2.22. The summed E-state index contributed by atoms with van der Waals surface area (Å²) in [5.74, 6) is 1.38. The Labute approximate surface area is 77.7 Å². The zero-order valence-corrected chi connectivity index (χ0v) is 8.93. The molecule has 0 aliphatic carbocycles. The van der Waals surface area contributed by atoms with E-state index in [1.54, 1.807) is 0 Å². The summed E-state index contributed by atoms with van der Waals surface area (Å²) in [5, 5.41) is 3.23. The van der Waals surface area contributed by atoms with Gasteiger partial charge in [0.15, 0.2) is 6.71 Å². The Hall–Kier alpha value is -0.235. The van der Waals surface area contributed by atoms with Gasteiger partial charge in [-0.2, -0.15) is 0 Å². The monoisotopic (exact) mass is 167 g/mol. The van der Waals surface area contributed by atoms with Crippen molar-refractivity contribution in [3.8, 4) is 0 Å². The second-order valence-corrected chi connectivity index (χ2v) is 3.70. The molecule has 0 aromatic carbocycles. The molecule has 12 heavy (non-hydrogen) atoms. The minimum Gasteiger partial charge on any atom is -0.320 e. The quantitative estimate of drug-likeness (QED) is 0.473. The summed E-state index contributed by atoms with van der Waals surface area (Å²) >= 11 is 0. The van der Waals surface area contributed by atoms with Gasteiger partial charge in [-0.25, -0.2) is 0 Å². The maximum absolute atomic E-state index is 3.85. The molecule has 0 radical (unpaired) electrons. The first kappa shape index (κ1) is 11.8. The van der Waals surface area contributed by atoms with Crippen LogP contribution < -0.4 is 5.32 Å². The van der Waals surface area contributed by atoms with E-state index in [4.69, 9.17) is 0 Å². The predicted octanol–water partition coefficient (Wildman–Crippen LogP) is 2.69. The predicted molar refractivity (Wildman–Crippen MR) is 59.2 cm³/mol. The molecule has 0 fully saturated rings. The Morgan fingerprint density at radius 1 is 1.50 bits per heavy atom. The molecule has 2 heteroatoms. The molecule has 0 spiro atoms. The van der Waals surface area contributed by atoms with Crippen LogP contribution in [0.2, 0.25) is 18.0 Å². The van der Waals surface area contributed by atoms with E-state index >= 15 is 0 Å². The smallest absolute Gasteiger partial charge is 0.151 e. The molecule has 0 bridgehead atoms. The lowest BCUT2D eigenvalue weighted by Crippen LogP contribution is -2.28. The lowest BCUT2D eigenvalue weighted by molar-refractivity contribution is 0.746. The Kier molecular flexibility index (Phi) is 6.18. The Morgan fingerprint density at radius 3 is 2.42 bits per heavy atom. The summed E-state index contributed by atoms with van der Waals surface area (Å²) in [6, 6.07) is 0. The second kappa shape index (κ2) is 6.30. The fourth-order valence-corrected chi connectivity index (χ4v) is 1.94. The van der Waals surface area contributed by atoms with Crippen molar-refractivity contribution >= 4 is 6.71 Å². The average molecular weight is 167 g/mol. The van der Waals surface area contributed by atoms with Crippen LogP contribution in [0.5, 0.6) is 0 Å². The number of nitrogens with one attached hydrogen (secondary N) is 1. The van der Waals surface area contributed by atoms with Crippen molar-refractivity contribution in [2.75, 3.05) is 13.6 Å². The van der Waals surface area contributed by atoms with Crippen LogP contribution in [0, 0.1) is 0 Å². The van der Waals surface area contributed by atoms with Crippen LogP contribution in [-0.2, 0) is 0 Å². The highest BCUT2D eigenvalue weighted by Crippen LogP contribution is 2.24. The topological polar surface area (TPSA) is 12.0 Å². The Bertz CT molecular complexity index is 125. The van der Waals surface area contributed by atoms with Crippen LogP contribution in [0.4, 0.5) is 0 Å². The van der Waals surface area contributed by atoms with Gasteiger partial charge in [-0.3, -0.25) is 0 Å². The molecule has 0 aromatic rings. The highest BCUT2D eigenvalue weighted by molar-refractivity contribution is 6.62. The van der Waals surface area contributed by atoms with E-state index in [1.807, 2.05) is 7.05 Å². The molecule has 1 nitrogen and oxygen atoms in total. The van der Waals surface area contributed by atoms with Crippen LogP contribution in [0.3, 0.4) is 0 Å². The minimum absolute atomic E-state index is 0.637. The summed E-state index contributed by atoms with van der Waals surface area (Å²) < 4.78 is 0. The van der Waals surface area contributed by atoms with Crippen LogP contribution in [0.15, 0.2) is 12.7 Å². The number of hydrogen-bond donors (Lipinski definition) is 1. The van der Waals surface area contributed by atoms with E-state index in [2.05, 4.69) is 38.7 Å².